The number of carbonyl (C=O) groups is 3. The predicted octanol–water partition coefficient (Wildman–Crippen LogP) is 2.48. The normalized spacial score (nSPS) is 10.5. The zero-order valence-corrected chi connectivity index (χ0v) is 15.3. The zero-order chi connectivity index (χ0) is 19.6. The van der Waals surface area contributed by atoms with Gasteiger partial charge in [0.15, 0.2) is 0 Å². The van der Waals surface area contributed by atoms with Gasteiger partial charge in [0.2, 0.25) is 0 Å². The third kappa shape index (κ3) is 3.82. The minimum absolute atomic E-state index is 0.119. The maximum atomic E-state index is 12.4. The Morgan fingerprint density at radius 3 is 2.19 bits per heavy atom. The number of rotatable bonds is 4. The van der Waals surface area contributed by atoms with Crippen LogP contribution in [-0.4, -0.2) is 48.7 Å². The zero-order valence-electron chi connectivity index (χ0n) is 15.3. The van der Waals surface area contributed by atoms with Gasteiger partial charge in [0.05, 0.1) is 0 Å². The topological polar surface area (TPSA) is 94.3 Å². The Morgan fingerprint density at radius 2 is 1.56 bits per heavy atom. The van der Waals surface area contributed by atoms with Crippen molar-refractivity contribution in [3.8, 4) is 0 Å². The van der Waals surface area contributed by atoms with Gasteiger partial charge in [-0.25, -0.2) is 0 Å². The number of aromatic amines is 1. The first kappa shape index (κ1) is 18.2. The fourth-order valence-electron chi connectivity index (χ4n) is 2.69. The average Bonchev–Trinajstić information content (AvgIpc) is 3.10. The molecule has 0 aliphatic heterocycles. The molecule has 0 saturated carbocycles. The maximum absolute atomic E-state index is 12.4. The largest absolute Gasteiger partial charge is 0.354 e. The number of nitrogens with zero attached hydrogens (tertiary/aromatic N) is 1. The van der Waals surface area contributed by atoms with E-state index in [4.69, 9.17) is 0 Å². The number of benzene rings is 2. The second-order valence-electron chi connectivity index (χ2n) is 6.30. The van der Waals surface area contributed by atoms with E-state index in [-0.39, 0.29) is 17.7 Å². The summed E-state index contributed by atoms with van der Waals surface area (Å²) in [4.78, 5) is 40.6. The molecule has 3 rings (SSSR count). The molecule has 3 amide bonds. The second-order valence-corrected chi connectivity index (χ2v) is 6.30. The Balaban J connectivity index is 1.77. The van der Waals surface area contributed by atoms with Gasteiger partial charge in [0.25, 0.3) is 17.7 Å². The van der Waals surface area contributed by atoms with Crippen LogP contribution in [0.25, 0.3) is 10.9 Å². The van der Waals surface area contributed by atoms with Gasteiger partial charge in [-0.15, -0.1) is 0 Å². The van der Waals surface area contributed by atoms with Gasteiger partial charge in [-0.1, -0.05) is 0 Å². The first-order valence-corrected chi connectivity index (χ1v) is 8.37. The molecule has 7 heteroatoms. The van der Waals surface area contributed by atoms with Crippen LogP contribution in [0, 0.1) is 0 Å². The highest BCUT2D eigenvalue weighted by Gasteiger charge is 2.12. The molecule has 0 aliphatic rings. The third-order valence-electron chi connectivity index (χ3n) is 4.15. The van der Waals surface area contributed by atoms with Gasteiger partial charge in [-0.05, 0) is 48.5 Å². The van der Waals surface area contributed by atoms with Crippen molar-refractivity contribution in [3.63, 3.8) is 0 Å². The lowest BCUT2D eigenvalue weighted by molar-refractivity contribution is 0.0826. The molecule has 0 aliphatic carbocycles. The van der Waals surface area contributed by atoms with E-state index in [9.17, 15) is 14.4 Å². The van der Waals surface area contributed by atoms with E-state index < -0.39 is 0 Å². The fraction of sp³-hybridized carbons (Fsp3) is 0.150. The molecule has 2 aromatic carbocycles. The summed E-state index contributed by atoms with van der Waals surface area (Å²) in [5.74, 6) is -0.601. The maximum Gasteiger partial charge on any atom is 0.267 e. The van der Waals surface area contributed by atoms with Crippen LogP contribution in [0.1, 0.15) is 31.2 Å². The third-order valence-corrected chi connectivity index (χ3v) is 4.15. The molecule has 3 N–H and O–H groups in total. The highest BCUT2D eigenvalue weighted by Crippen LogP contribution is 2.21. The first-order chi connectivity index (χ1) is 12.9. The van der Waals surface area contributed by atoms with Crippen molar-refractivity contribution in [1.29, 1.82) is 0 Å². The summed E-state index contributed by atoms with van der Waals surface area (Å²) in [5, 5.41) is 6.21. The highest BCUT2D eigenvalue weighted by atomic mass is 16.2. The lowest BCUT2D eigenvalue weighted by atomic mass is 10.1. The van der Waals surface area contributed by atoms with Crippen molar-refractivity contribution in [3.05, 3.63) is 65.4 Å². The van der Waals surface area contributed by atoms with Gasteiger partial charge < -0.3 is 20.5 Å². The minimum Gasteiger partial charge on any atom is -0.354 e. The summed E-state index contributed by atoms with van der Waals surface area (Å²) in [7, 11) is 4.92. The summed E-state index contributed by atoms with van der Waals surface area (Å²) >= 11 is 0. The number of nitrogens with one attached hydrogen (secondary N) is 3. The average molecular weight is 364 g/mol. The molecule has 138 valence electrons. The van der Waals surface area contributed by atoms with Gasteiger partial charge >= 0.3 is 0 Å². The summed E-state index contributed by atoms with van der Waals surface area (Å²) in [6, 6.07) is 13.6. The van der Waals surface area contributed by atoms with Crippen molar-refractivity contribution < 1.29 is 14.4 Å². The smallest absolute Gasteiger partial charge is 0.267 e. The van der Waals surface area contributed by atoms with Crippen molar-refractivity contribution in [2.24, 2.45) is 0 Å². The summed E-state index contributed by atoms with van der Waals surface area (Å²) in [6.07, 6.45) is 0. The number of amides is 3. The van der Waals surface area contributed by atoms with E-state index in [0.29, 0.717) is 22.5 Å². The molecule has 7 nitrogen and oxygen atoms in total. The van der Waals surface area contributed by atoms with Crippen LogP contribution in [0.2, 0.25) is 0 Å². The lowest BCUT2D eigenvalue weighted by Gasteiger charge is -2.10. The lowest BCUT2D eigenvalue weighted by Crippen LogP contribution is -2.21. The molecule has 0 unspecified atom stereocenters. The van der Waals surface area contributed by atoms with Crippen LogP contribution in [-0.2, 0) is 0 Å². The first-order valence-electron chi connectivity index (χ1n) is 8.37. The van der Waals surface area contributed by atoms with Crippen LogP contribution in [0.4, 0.5) is 5.69 Å². The molecule has 3 aromatic rings. The molecule has 0 bridgehead atoms. The highest BCUT2D eigenvalue weighted by molar-refractivity contribution is 6.06. The van der Waals surface area contributed by atoms with E-state index in [2.05, 4.69) is 15.6 Å². The number of hydrogen-bond donors (Lipinski definition) is 3. The predicted molar refractivity (Wildman–Crippen MR) is 104 cm³/mol. The van der Waals surface area contributed by atoms with Crippen molar-refractivity contribution in [2.45, 2.75) is 0 Å². The Hall–Kier alpha value is -3.61. The van der Waals surface area contributed by atoms with E-state index in [1.165, 1.54) is 4.90 Å². The second kappa shape index (κ2) is 7.33. The standard InChI is InChI=1S/C20H20N4O3/c1-21-19(26)17-11-14-10-15(8-9-16(14)23-17)22-18(25)12-4-6-13(7-5-12)20(27)24(2)3/h4-11,23H,1-3H3,(H,21,26)(H,22,25). The summed E-state index contributed by atoms with van der Waals surface area (Å²) < 4.78 is 0. The van der Waals surface area contributed by atoms with Crippen LogP contribution in [0.15, 0.2) is 48.5 Å². The molecule has 0 radical (unpaired) electrons. The molecule has 0 saturated heterocycles. The van der Waals surface area contributed by atoms with Gasteiger partial charge in [0, 0.05) is 48.9 Å². The van der Waals surface area contributed by atoms with Crippen molar-refractivity contribution >= 4 is 34.3 Å². The van der Waals surface area contributed by atoms with E-state index in [1.807, 2.05) is 0 Å². The quantitative estimate of drug-likeness (QED) is 0.664. The van der Waals surface area contributed by atoms with E-state index in [1.54, 1.807) is 69.7 Å². The summed E-state index contributed by atoms with van der Waals surface area (Å²) in [5.41, 5.74) is 2.84. The Kier molecular flexibility index (Phi) is 4.94. The Morgan fingerprint density at radius 1 is 0.889 bits per heavy atom. The van der Waals surface area contributed by atoms with Crippen molar-refractivity contribution in [2.75, 3.05) is 26.5 Å². The Labute approximate surface area is 156 Å². The molecule has 1 aromatic heterocycles. The SMILES string of the molecule is CNC(=O)c1cc2cc(NC(=O)c3ccc(C(=O)N(C)C)cc3)ccc2[nH]1. The van der Waals surface area contributed by atoms with Gasteiger partial charge in [-0.2, -0.15) is 0 Å². The number of anilines is 1. The molecular formula is C20H20N4O3. The van der Waals surface area contributed by atoms with Crippen LogP contribution >= 0.6 is 0 Å². The number of fused-ring (bicyclic) bond motifs is 1. The van der Waals surface area contributed by atoms with Crippen LogP contribution < -0.4 is 10.6 Å². The molecular weight excluding hydrogens is 344 g/mol. The van der Waals surface area contributed by atoms with Crippen LogP contribution in [0.5, 0.6) is 0 Å². The van der Waals surface area contributed by atoms with Crippen LogP contribution in [0.3, 0.4) is 0 Å². The molecule has 0 spiro atoms. The van der Waals surface area contributed by atoms with Gasteiger partial charge in [0.1, 0.15) is 5.69 Å². The Bertz CT molecular complexity index is 1020. The number of aromatic nitrogens is 1. The minimum atomic E-state index is -0.278. The van der Waals surface area contributed by atoms with E-state index in [0.717, 1.165) is 10.9 Å². The monoisotopic (exact) mass is 364 g/mol. The summed E-state index contributed by atoms with van der Waals surface area (Å²) in [6.45, 7) is 0. The fourth-order valence-corrected chi connectivity index (χ4v) is 2.69. The number of H-pyrrole nitrogens is 1. The number of carbonyl (C=O) groups excluding carboxylic acids is 3. The molecule has 27 heavy (non-hydrogen) atoms. The molecule has 0 fully saturated rings. The van der Waals surface area contributed by atoms with E-state index >= 15 is 0 Å². The molecule has 0 atom stereocenters. The molecule has 1 heterocycles. The number of hydrogen-bond acceptors (Lipinski definition) is 3. The van der Waals surface area contributed by atoms with Crippen molar-refractivity contribution in [1.82, 2.24) is 15.2 Å². The van der Waals surface area contributed by atoms with Gasteiger partial charge in [-0.3, -0.25) is 14.4 Å².